The molecule has 0 radical (unpaired) electrons. The quantitative estimate of drug-likeness (QED) is 0.682. The van der Waals surface area contributed by atoms with Crippen LogP contribution in [0.3, 0.4) is 0 Å². The number of carbonyl (C=O) groups excluding carboxylic acids is 1. The Balaban J connectivity index is 2.54. The molecule has 0 aromatic carbocycles. The van der Waals surface area contributed by atoms with Crippen molar-refractivity contribution >= 4 is 6.03 Å². The third-order valence-corrected chi connectivity index (χ3v) is 2.87. The van der Waals surface area contributed by atoms with Gasteiger partial charge >= 0.3 is 6.03 Å². The summed E-state index contributed by atoms with van der Waals surface area (Å²) in [7, 11) is 0. The van der Waals surface area contributed by atoms with Gasteiger partial charge in [0.25, 0.3) is 0 Å². The topological polar surface area (TPSA) is 32.3 Å². The smallest absolute Gasteiger partial charge is 0.317 e. The van der Waals surface area contributed by atoms with Crippen LogP contribution in [-0.2, 0) is 0 Å². The van der Waals surface area contributed by atoms with E-state index in [1.165, 1.54) is 5.57 Å². The predicted molar refractivity (Wildman–Crippen MR) is 67.4 cm³/mol. The van der Waals surface area contributed by atoms with Crippen LogP contribution in [0.5, 0.6) is 0 Å². The number of carbonyl (C=O) groups is 1. The molecule has 1 heterocycles. The maximum Gasteiger partial charge on any atom is 0.317 e. The van der Waals surface area contributed by atoms with Crippen molar-refractivity contribution in [3.63, 3.8) is 0 Å². The number of hydrogen-bond donors (Lipinski definition) is 1. The molecule has 1 aliphatic heterocycles. The summed E-state index contributed by atoms with van der Waals surface area (Å²) in [6, 6.07) is 0.264. The minimum atomic E-state index is 0.0548. The SMILES string of the molecule is CC(C)NC(=O)N1CC=C(C(C)(C)C)CC1. The van der Waals surface area contributed by atoms with Crippen LogP contribution < -0.4 is 5.32 Å². The van der Waals surface area contributed by atoms with Crippen molar-refractivity contribution in [1.29, 1.82) is 0 Å². The monoisotopic (exact) mass is 224 g/mol. The molecular weight excluding hydrogens is 200 g/mol. The molecule has 3 nitrogen and oxygen atoms in total. The van der Waals surface area contributed by atoms with Gasteiger partial charge in [0.15, 0.2) is 0 Å². The fourth-order valence-corrected chi connectivity index (χ4v) is 1.87. The molecule has 0 atom stereocenters. The first kappa shape index (κ1) is 13.1. The van der Waals surface area contributed by atoms with E-state index in [0.717, 1.165) is 19.5 Å². The lowest BCUT2D eigenvalue weighted by molar-refractivity contribution is 0.197. The highest BCUT2D eigenvalue weighted by Gasteiger charge is 2.23. The number of rotatable bonds is 1. The maximum atomic E-state index is 11.8. The number of urea groups is 1. The van der Waals surface area contributed by atoms with Gasteiger partial charge in [0.05, 0.1) is 0 Å². The lowest BCUT2D eigenvalue weighted by Crippen LogP contribution is -2.45. The van der Waals surface area contributed by atoms with Gasteiger partial charge in [0.2, 0.25) is 0 Å². The molecule has 0 spiro atoms. The molecule has 0 saturated heterocycles. The molecule has 0 saturated carbocycles. The van der Waals surface area contributed by atoms with E-state index >= 15 is 0 Å². The van der Waals surface area contributed by atoms with Gasteiger partial charge < -0.3 is 10.2 Å². The summed E-state index contributed by atoms with van der Waals surface area (Å²) < 4.78 is 0. The molecular formula is C13H24N2O. The first-order chi connectivity index (χ1) is 7.30. The van der Waals surface area contributed by atoms with E-state index in [2.05, 4.69) is 32.2 Å². The van der Waals surface area contributed by atoms with E-state index in [1.54, 1.807) is 0 Å². The summed E-state index contributed by atoms with van der Waals surface area (Å²) in [5, 5.41) is 2.92. The Hall–Kier alpha value is -0.990. The van der Waals surface area contributed by atoms with Crippen LogP contribution >= 0.6 is 0 Å². The summed E-state index contributed by atoms with van der Waals surface area (Å²) in [5.41, 5.74) is 1.70. The molecule has 3 heteroatoms. The Morgan fingerprint density at radius 3 is 2.44 bits per heavy atom. The molecule has 0 bridgehead atoms. The Kier molecular flexibility index (Phi) is 4.00. The summed E-state index contributed by atoms with van der Waals surface area (Å²) in [4.78, 5) is 13.6. The highest BCUT2D eigenvalue weighted by Crippen LogP contribution is 2.29. The van der Waals surface area contributed by atoms with Gasteiger partial charge in [-0.05, 0) is 25.7 Å². The molecule has 92 valence electrons. The lowest BCUT2D eigenvalue weighted by Gasteiger charge is -2.32. The van der Waals surface area contributed by atoms with Crippen molar-refractivity contribution in [2.45, 2.75) is 47.1 Å². The fourth-order valence-electron chi connectivity index (χ4n) is 1.87. The second kappa shape index (κ2) is 4.89. The van der Waals surface area contributed by atoms with Crippen LogP contribution in [0.25, 0.3) is 0 Å². The average molecular weight is 224 g/mol. The van der Waals surface area contributed by atoms with Crippen molar-refractivity contribution in [2.75, 3.05) is 13.1 Å². The van der Waals surface area contributed by atoms with Crippen molar-refractivity contribution in [3.8, 4) is 0 Å². The van der Waals surface area contributed by atoms with Crippen LogP contribution in [0.4, 0.5) is 4.79 Å². The molecule has 0 fully saturated rings. The first-order valence-electron chi connectivity index (χ1n) is 6.05. The zero-order valence-corrected chi connectivity index (χ0v) is 11.1. The summed E-state index contributed by atoms with van der Waals surface area (Å²) in [5.74, 6) is 0. The van der Waals surface area contributed by atoms with E-state index in [1.807, 2.05) is 18.7 Å². The van der Waals surface area contributed by atoms with Gasteiger partial charge in [-0.15, -0.1) is 0 Å². The van der Waals surface area contributed by atoms with Crippen LogP contribution in [0.15, 0.2) is 11.6 Å². The summed E-state index contributed by atoms with van der Waals surface area (Å²) in [6.07, 6.45) is 3.19. The number of nitrogens with zero attached hydrogens (tertiary/aromatic N) is 1. The van der Waals surface area contributed by atoms with E-state index < -0.39 is 0 Å². The van der Waals surface area contributed by atoms with Gasteiger partial charge in [-0.2, -0.15) is 0 Å². The Morgan fingerprint density at radius 1 is 1.44 bits per heavy atom. The molecule has 1 N–H and O–H groups in total. The van der Waals surface area contributed by atoms with Crippen LogP contribution in [0, 0.1) is 5.41 Å². The molecule has 1 rings (SSSR count). The van der Waals surface area contributed by atoms with Gasteiger partial charge in [-0.25, -0.2) is 4.79 Å². The molecule has 0 aromatic rings. The van der Waals surface area contributed by atoms with Gasteiger partial charge in [0, 0.05) is 19.1 Å². The molecule has 0 aliphatic carbocycles. The van der Waals surface area contributed by atoms with E-state index in [4.69, 9.17) is 0 Å². The largest absolute Gasteiger partial charge is 0.336 e. The Morgan fingerprint density at radius 2 is 2.06 bits per heavy atom. The Bertz CT molecular complexity index is 287. The molecule has 1 aliphatic rings. The third kappa shape index (κ3) is 3.54. The van der Waals surface area contributed by atoms with E-state index in [-0.39, 0.29) is 17.5 Å². The van der Waals surface area contributed by atoms with Crippen LogP contribution in [0.1, 0.15) is 41.0 Å². The number of hydrogen-bond acceptors (Lipinski definition) is 1. The zero-order chi connectivity index (χ0) is 12.3. The van der Waals surface area contributed by atoms with Gasteiger partial charge in [-0.1, -0.05) is 32.4 Å². The van der Waals surface area contributed by atoms with Crippen LogP contribution in [0.2, 0.25) is 0 Å². The molecule has 0 aromatic heterocycles. The van der Waals surface area contributed by atoms with Crippen molar-refractivity contribution in [2.24, 2.45) is 5.41 Å². The standard InChI is InChI=1S/C13H24N2O/c1-10(2)14-12(16)15-8-6-11(7-9-15)13(3,4)5/h6,10H,7-9H2,1-5H3,(H,14,16). The van der Waals surface area contributed by atoms with Crippen molar-refractivity contribution in [1.82, 2.24) is 10.2 Å². The lowest BCUT2D eigenvalue weighted by atomic mass is 9.83. The number of nitrogens with one attached hydrogen (secondary N) is 1. The normalized spacial score (nSPS) is 17.4. The highest BCUT2D eigenvalue weighted by atomic mass is 16.2. The summed E-state index contributed by atoms with van der Waals surface area (Å²) in [6.45, 7) is 12.2. The van der Waals surface area contributed by atoms with Gasteiger partial charge in [-0.3, -0.25) is 0 Å². The zero-order valence-electron chi connectivity index (χ0n) is 11.1. The molecule has 0 unspecified atom stereocenters. The maximum absolute atomic E-state index is 11.8. The van der Waals surface area contributed by atoms with E-state index in [0.29, 0.717) is 0 Å². The minimum absolute atomic E-state index is 0.0548. The van der Waals surface area contributed by atoms with Gasteiger partial charge in [0.1, 0.15) is 0 Å². The Labute approximate surface area is 98.9 Å². The number of amides is 2. The average Bonchev–Trinajstić information content (AvgIpc) is 2.15. The fraction of sp³-hybridized carbons (Fsp3) is 0.769. The second-order valence-electron chi connectivity index (χ2n) is 5.78. The van der Waals surface area contributed by atoms with Crippen molar-refractivity contribution in [3.05, 3.63) is 11.6 Å². The van der Waals surface area contributed by atoms with Crippen LogP contribution in [-0.4, -0.2) is 30.1 Å². The molecule has 2 amide bonds. The molecule has 16 heavy (non-hydrogen) atoms. The van der Waals surface area contributed by atoms with Crippen molar-refractivity contribution < 1.29 is 4.79 Å². The predicted octanol–water partition coefficient (Wildman–Crippen LogP) is 2.78. The third-order valence-electron chi connectivity index (χ3n) is 2.87. The first-order valence-corrected chi connectivity index (χ1v) is 6.05. The minimum Gasteiger partial charge on any atom is -0.336 e. The van der Waals surface area contributed by atoms with E-state index in [9.17, 15) is 4.79 Å². The summed E-state index contributed by atoms with van der Waals surface area (Å²) >= 11 is 0. The second-order valence-corrected chi connectivity index (χ2v) is 5.78. The highest BCUT2D eigenvalue weighted by molar-refractivity contribution is 5.74.